The average Bonchev–Trinajstić information content (AvgIpc) is 2.79. The largest absolute Gasteiger partial charge is 0.478 e. The molecule has 1 heterocycles. The Hall–Kier alpha value is -2.57. The number of fused-ring (bicyclic) bond motifs is 1. The number of carboxylic acids is 1. The smallest absolute Gasteiger partial charge is 0.335 e. The van der Waals surface area contributed by atoms with Crippen LogP contribution >= 0.6 is 0 Å². The molecular weight excluding hydrogens is 262 g/mol. The second-order valence-corrected chi connectivity index (χ2v) is 4.55. The number of anilines is 1. The first-order chi connectivity index (χ1) is 9.47. The van der Waals surface area contributed by atoms with Crippen molar-refractivity contribution in [3.63, 3.8) is 0 Å². The average molecular weight is 277 g/mol. The Kier molecular flexibility index (Phi) is 3.88. The number of nitrogens with zero attached hydrogens (tertiary/aromatic N) is 1. The third-order valence-electron chi connectivity index (χ3n) is 3.03. The molecule has 1 aliphatic rings. The van der Waals surface area contributed by atoms with E-state index in [9.17, 15) is 14.4 Å². The summed E-state index contributed by atoms with van der Waals surface area (Å²) in [5, 5.41) is 8.93. The first-order valence-electron chi connectivity index (χ1n) is 6.14. The fraction of sp³-hybridized carbons (Fsp3) is 0.308. The van der Waals surface area contributed by atoms with Gasteiger partial charge in [-0.2, -0.15) is 0 Å². The van der Waals surface area contributed by atoms with Gasteiger partial charge in [-0.3, -0.25) is 20.4 Å². The standard InChI is InChI=1S/C13H15N3O4/c1-8(17)14-15-12(18)7-16-5-4-9-6-10(13(19)20)2-3-11(9)16/h2-3,6H,4-5,7H2,1H3,(H,14,17)(H,15,18)(H,19,20). The van der Waals surface area contributed by atoms with Crippen molar-refractivity contribution < 1.29 is 19.5 Å². The maximum Gasteiger partial charge on any atom is 0.335 e. The number of rotatable bonds is 3. The number of hydrogen-bond donors (Lipinski definition) is 3. The molecule has 0 saturated heterocycles. The van der Waals surface area contributed by atoms with Crippen LogP contribution in [0, 0.1) is 0 Å². The molecule has 20 heavy (non-hydrogen) atoms. The minimum absolute atomic E-state index is 0.111. The normalized spacial score (nSPS) is 12.8. The molecule has 0 aliphatic carbocycles. The quantitative estimate of drug-likeness (QED) is 0.671. The zero-order valence-corrected chi connectivity index (χ0v) is 11.0. The third kappa shape index (κ3) is 3.05. The van der Waals surface area contributed by atoms with Crippen LogP contribution in [-0.2, 0) is 16.0 Å². The Morgan fingerprint density at radius 1 is 1.30 bits per heavy atom. The van der Waals surface area contributed by atoms with Gasteiger partial charge >= 0.3 is 5.97 Å². The van der Waals surface area contributed by atoms with Gasteiger partial charge in [-0.15, -0.1) is 0 Å². The second kappa shape index (κ2) is 5.60. The van der Waals surface area contributed by atoms with Gasteiger partial charge in [0.05, 0.1) is 12.1 Å². The van der Waals surface area contributed by atoms with Gasteiger partial charge in [0, 0.05) is 19.2 Å². The van der Waals surface area contributed by atoms with E-state index in [0.29, 0.717) is 13.0 Å². The Morgan fingerprint density at radius 2 is 2.05 bits per heavy atom. The number of carbonyl (C=O) groups is 3. The highest BCUT2D eigenvalue weighted by Gasteiger charge is 2.22. The summed E-state index contributed by atoms with van der Waals surface area (Å²) in [6.45, 7) is 2.06. The summed E-state index contributed by atoms with van der Waals surface area (Å²) in [4.78, 5) is 35.1. The van der Waals surface area contributed by atoms with Gasteiger partial charge in [-0.05, 0) is 30.2 Å². The van der Waals surface area contributed by atoms with Crippen LogP contribution in [0.5, 0.6) is 0 Å². The maximum absolute atomic E-state index is 11.6. The van der Waals surface area contributed by atoms with Crippen molar-refractivity contribution in [2.24, 2.45) is 0 Å². The first kappa shape index (κ1) is 13.9. The molecule has 0 fully saturated rings. The van der Waals surface area contributed by atoms with Crippen LogP contribution in [0.2, 0.25) is 0 Å². The predicted octanol–water partition coefficient (Wildman–Crippen LogP) is -0.0854. The lowest BCUT2D eigenvalue weighted by Crippen LogP contribution is -2.45. The number of hydrogen-bond acceptors (Lipinski definition) is 4. The zero-order chi connectivity index (χ0) is 14.7. The van der Waals surface area contributed by atoms with Crippen molar-refractivity contribution in [3.05, 3.63) is 29.3 Å². The monoisotopic (exact) mass is 277 g/mol. The summed E-state index contributed by atoms with van der Waals surface area (Å²) in [5.41, 5.74) is 6.53. The third-order valence-corrected chi connectivity index (χ3v) is 3.03. The number of hydrazine groups is 1. The van der Waals surface area contributed by atoms with E-state index >= 15 is 0 Å². The van der Waals surface area contributed by atoms with E-state index in [4.69, 9.17) is 5.11 Å². The van der Waals surface area contributed by atoms with Crippen LogP contribution in [0.3, 0.4) is 0 Å². The number of amides is 2. The van der Waals surface area contributed by atoms with Crippen molar-refractivity contribution in [3.8, 4) is 0 Å². The summed E-state index contributed by atoms with van der Waals surface area (Å²) in [6, 6.07) is 4.85. The van der Waals surface area contributed by atoms with Gasteiger partial charge in [0.25, 0.3) is 5.91 Å². The Balaban J connectivity index is 2.03. The number of carbonyl (C=O) groups excluding carboxylic acids is 2. The number of aromatic carboxylic acids is 1. The second-order valence-electron chi connectivity index (χ2n) is 4.55. The van der Waals surface area contributed by atoms with Crippen molar-refractivity contribution in [1.29, 1.82) is 0 Å². The highest BCUT2D eigenvalue weighted by atomic mass is 16.4. The molecule has 0 bridgehead atoms. The predicted molar refractivity (Wildman–Crippen MR) is 71.3 cm³/mol. The molecule has 0 saturated carbocycles. The highest BCUT2D eigenvalue weighted by Crippen LogP contribution is 2.28. The molecule has 2 rings (SSSR count). The van der Waals surface area contributed by atoms with Crippen molar-refractivity contribution in [2.75, 3.05) is 18.0 Å². The van der Waals surface area contributed by atoms with Crippen LogP contribution in [-0.4, -0.2) is 36.0 Å². The molecule has 1 aromatic rings. The molecule has 1 aromatic carbocycles. The van der Waals surface area contributed by atoms with E-state index in [1.54, 1.807) is 12.1 Å². The molecule has 0 spiro atoms. The summed E-state index contributed by atoms with van der Waals surface area (Å²) in [7, 11) is 0. The van der Waals surface area contributed by atoms with Gasteiger partial charge in [0.2, 0.25) is 5.91 Å². The molecule has 7 nitrogen and oxygen atoms in total. The minimum atomic E-state index is -0.963. The first-order valence-corrected chi connectivity index (χ1v) is 6.14. The lowest BCUT2D eigenvalue weighted by Gasteiger charge is -2.18. The molecule has 3 N–H and O–H groups in total. The van der Waals surface area contributed by atoms with Gasteiger partial charge in [0.1, 0.15) is 0 Å². The lowest BCUT2D eigenvalue weighted by atomic mass is 10.1. The van der Waals surface area contributed by atoms with Crippen LogP contribution in [0.4, 0.5) is 5.69 Å². The van der Waals surface area contributed by atoms with E-state index in [0.717, 1.165) is 11.3 Å². The fourth-order valence-corrected chi connectivity index (χ4v) is 2.14. The van der Waals surface area contributed by atoms with E-state index < -0.39 is 5.97 Å². The molecule has 106 valence electrons. The van der Waals surface area contributed by atoms with Gasteiger partial charge < -0.3 is 10.0 Å². The Bertz CT molecular complexity index is 571. The molecule has 7 heteroatoms. The SMILES string of the molecule is CC(=O)NNC(=O)CN1CCc2cc(C(=O)O)ccc21. The Morgan fingerprint density at radius 3 is 2.70 bits per heavy atom. The van der Waals surface area contributed by atoms with Gasteiger partial charge in [0.15, 0.2) is 0 Å². The van der Waals surface area contributed by atoms with Gasteiger partial charge in [-0.25, -0.2) is 4.79 Å². The van der Waals surface area contributed by atoms with Crippen molar-refractivity contribution >= 4 is 23.5 Å². The van der Waals surface area contributed by atoms with E-state index in [1.807, 2.05) is 4.90 Å². The van der Waals surface area contributed by atoms with Crippen molar-refractivity contribution in [2.45, 2.75) is 13.3 Å². The molecular formula is C13H15N3O4. The van der Waals surface area contributed by atoms with Crippen LogP contribution in [0.25, 0.3) is 0 Å². The molecule has 0 aromatic heterocycles. The summed E-state index contributed by atoms with van der Waals surface area (Å²) >= 11 is 0. The zero-order valence-electron chi connectivity index (χ0n) is 11.0. The molecule has 0 radical (unpaired) electrons. The van der Waals surface area contributed by atoms with E-state index in [1.165, 1.54) is 13.0 Å². The van der Waals surface area contributed by atoms with Gasteiger partial charge in [-0.1, -0.05) is 0 Å². The van der Waals surface area contributed by atoms with Crippen LogP contribution in [0.15, 0.2) is 18.2 Å². The van der Waals surface area contributed by atoms with Crippen LogP contribution < -0.4 is 15.8 Å². The van der Waals surface area contributed by atoms with Crippen molar-refractivity contribution in [1.82, 2.24) is 10.9 Å². The summed E-state index contributed by atoms with van der Waals surface area (Å²) in [6.07, 6.45) is 0.698. The maximum atomic E-state index is 11.6. The number of benzene rings is 1. The Labute approximate surface area is 115 Å². The molecule has 0 unspecified atom stereocenters. The topological polar surface area (TPSA) is 98.7 Å². The highest BCUT2D eigenvalue weighted by molar-refractivity contribution is 5.89. The lowest BCUT2D eigenvalue weighted by molar-refractivity contribution is -0.127. The summed E-state index contributed by atoms with van der Waals surface area (Å²) < 4.78 is 0. The molecule has 0 atom stereocenters. The fourth-order valence-electron chi connectivity index (χ4n) is 2.14. The molecule has 1 aliphatic heterocycles. The number of nitrogens with one attached hydrogen (secondary N) is 2. The summed E-state index contributed by atoms with van der Waals surface area (Å²) in [5.74, 6) is -1.63. The van der Waals surface area contributed by atoms with Crippen LogP contribution in [0.1, 0.15) is 22.8 Å². The minimum Gasteiger partial charge on any atom is -0.478 e. The number of carboxylic acid groups (broad SMARTS) is 1. The van der Waals surface area contributed by atoms with E-state index in [2.05, 4.69) is 10.9 Å². The van der Waals surface area contributed by atoms with E-state index in [-0.39, 0.29) is 23.9 Å². The molecule has 2 amide bonds.